The van der Waals surface area contributed by atoms with Gasteiger partial charge in [-0.05, 0) is 13.0 Å². The van der Waals surface area contributed by atoms with Gasteiger partial charge in [0.2, 0.25) is 0 Å². The van der Waals surface area contributed by atoms with Crippen LogP contribution in [-0.2, 0) is 6.54 Å². The number of benzene rings is 1. The molecule has 0 spiro atoms. The van der Waals surface area contributed by atoms with Crippen LogP contribution in [0.5, 0.6) is 0 Å². The van der Waals surface area contributed by atoms with E-state index >= 15 is 0 Å². The minimum atomic E-state index is -0.419. The molecule has 0 radical (unpaired) electrons. The van der Waals surface area contributed by atoms with E-state index in [-0.39, 0.29) is 5.69 Å². The van der Waals surface area contributed by atoms with Gasteiger partial charge in [0.25, 0.3) is 5.69 Å². The third-order valence-electron chi connectivity index (χ3n) is 2.73. The van der Waals surface area contributed by atoms with Crippen LogP contribution < -0.4 is 10.6 Å². The van der Waals surface area contributed by atoms with Crippen molar-refractivity contribution in [3.05, 3.63) is 52.1 Å². The second-order valence-corrected chi connectivity index (χ2v) is 4.28. The Morgan fingerprint density at radius 1 is 1.20 bits per heavy atom. The number of nitro groups is 1. The van der Waals surface area contributed by atoms with Crippen LogP contribution >= 0.6 is 0 Å². The molecule has 0 bridgehead atoms. The fourth-order valence-corrected chi connectivity index (χ4v) is 1.67. The van der Waals surface area contributed by atoms with Crippen molar-refractivity contribution in [3.63, 3.8) is 0 Å². The fraction of sp³-hybridized carbons (Fsp3) is 0.231. The molecular formula is C13H15N5O2. The highest BCUT2D eigenvalue weighted by molar-refractivity contribution is 5.63. The van der Waals surface area contributed by atoms with Gasteiger partial charge < -0.3 is 10.6 Å². The highest BCUT2D eigenvalue weighted by atomic mass is 16.6. The summed E-state index contributed by atoms with van der Waals surface area (Å²) in [5.74, 6) is 0. The van der Waals surface area contributed by atoms with Crippen LogP contribution in [0.25, 0.3) is 0 Å². The number of aryl methyl sites for hydroxylation is 1. The van der Waals surface area contributed by atoms with Crippen LogP contribution in [0.4, 0.5) is 17.1 Å². The Balaban J connectivity index is 2.14. The van der Waals surface area contributed by atoms with E-state index in [1.54, 1.807) is 25.5 Å². The summed E-state index contributed by atoms with van der Waals surface area (Å²) in [5.41, 5.74) is 2.99. The summed E-state index contributed by atoms with van der Waals surface area (Å²) in [4.78, 5) is 18.8. The van der Waals surface area contributed by atoms with Crippen molar-refractivity contribution in [1.29, 1.82) is 0 Å². The largest absolute Gasteiger partial charge is 0.388 e. The topological polar surface area (TPSA) is 93.0 Å². The molecule has 2 rings (SSSR count). The molecule has 1 heterocycles. The second-order valence-electron chi connectivity index (χ2n) is 4.28. The first-order valence-corrected chi connectivity index (χ1v) is 6.07. The molecule has 20 heavy (non-hydrogen) atoms. The van der Waals surface area contributed by atoms with Crippen LogP contribution in [-0.4, -0.2) is 21.9 Å². The number of nitrogens with zero attached hydrogens (tertiary/aromatic N) is 3. The van der Waals surface area contributed by atoms with Crippen molar-refractivity contribution in [2.75, 3.05) is 17.7 Å². The van der Waals surface area contributed by atoms with E-state index < -0.39 is 4.92 Å². The first-order chi connectivity index (χ1) is 9.58. The first-order valence-electron chi connectivity index (χ1n) is 6.07. The maximum atomic E-state index is 10.9. The third-order valence-corrected chi connectivity index (χ3v) is 2.73. The number of anilines is 2. The SMILES string of the molecule is CNc1cc(NCc2cnc(C)cn2)cc([N+](=O)[O-])c1. The molecule has 1 aromatic carbocycles. The summed E-state index contributed by atoms with van der Waals surface area (Å²) in [6, 6.07) is 4.77. The van der Waals surface area contributed by atoms with Gasteiger partial charge in [0.05, 0.1) is 29.1 Å². The zero-order chi connectivity index (χ0) is 14.5. The molecule has 0 unspecified atom stereocenters. The van der Waals surface area contributed by atoms with Crippen molar-refractivity contribution in [3.8, 4) is 0 Å². The lowest BCUT2D eigenvalue weighted by Crippen LogP contribution is -2.04. The van der Waals surface area contributed by atoms with Crippen molar-refractivity contribution < 1.29 is 4.92 Å². The molecule has 7 heteroatoms. The van der Waals surface area contributed by atoms with Crippen molar-refractivity contribution in [2.24, 2.45) is 0 Å². The maximum Gasteiger partial charge on any atom is 0.273 e. The van der Waals surface area contributed by atoms with Crippen LogP contribution in [0.3, 0.4) is 0 Å². The van der Waals surface area contributed by atoms with Crippen molar-refractivity contribution >= 4 is 17.1 Å². The van der Waals surface area contributed by atoms with E-state index in [2.05, 4.69) is 20.6 Å². The smallest absolute Gasteiger partial charge is 0.273 e. The molecule has 0 fully saturated rings. The predicted molar refractivity (Wildman–Crippen MR) is 76.7 cm³/mol. The Bertz CT molecular complexity index is 613. The maximum absolute atomic E-state index is 10.9. The molecule has 7 nitrogen and oxygen atoms in total. The summed E-state index contributed by atoms with van der Waals surface area (Å²) < 4.78 is 0. The van der Waals surface area contributed by atoms with Crippen LogP contribution in [0.15, 0.2) is 30.6 Å². The highest BCUT2D eigenvalue weighted by Gasteiger charge is 2.09. The number of aromatic nitrogens is 2. The van der Waals surface area contributed by atoms with Gasteiger partial charge in [-0.3, -0.25) is 20.1 Å². The number of rotatable bonds is 5. The molecule has 0 aliphatic carbocycles. The van der Waals surface area contributed by atoms with Crippen LogP contribution in [0.2, 0.25) is 0 Å². The van der Waals surface area contributed by atoms with E-state index in [1.165, 1.54) is 12.1 Å². The molecule has 0 aliphatic heterocycles. The van der Waals surface area contributed by atoms with E-state index in [4.69, 9.17) is 0 Å². The minimum Gasteiger partial charge on any atom is -0.388 e. The van der Waals surface area contributed by atoms with Gasteiger partial charge in [0.15, 0.2) is 0 Å². The summed E-state index contributed by atoms with van der Waals surface area (Å²) in [6.45, 7) is 2.32. The van der Waals surface area contributed by atoms with Gasteiger partial charge in [0.1, 0.15) is 0 Å². The van der Waals surface area contributed by atoms with Gasteiger partial charge in [-0.2, -0.15) is 0 Å². The predicted octanol–water partition coefficient (Wildman–Crippen LogP) is 2.35. The first kappa shape index (κ1) is 13.7. The average molecular weight is 273 g/mol. The lowest BCUT2D eigenvalue weighted by atomic mass is 10.2. The van der Waals surface area contributed by atoms with E-state index in [0.29, 0.717) is 17.9 Å². The van der Waals surface area contributed by atoms with Crippen LogP contribution in [0, 0.1) is 17.0 Å². The van der Waals surface area contributed by atoms with Crippen LogP contribution in [0.1, 0.15) is 11.4 Å². The number of nitrogens with one attached hydrogen (secondary N) is 2. The Kier molecular flexibility index (Phi) is 4.09. The fourth-order valence-electron chi connectivity index (χ4n) is 1.67. The van der Waals surface area contributed by atoms with E-state index in [0.717, 1.165) is 11.4 Å². The summed E-state index contributed by atoms with van der Waals surface area (Å²) in [6.07, 6.45) is 3.36. The lowest BCUT2D eigenvalue weighted by Gasteiger charge is -2.08. The molecule has 0 saturated carbocycles. The van der Waals surface area contributed by atoms with E-state index in [1.807, 2.05) is 6.92 Å². The minimum absolute atomic E-state index is 0.0364. The molecule has 0 atom stereocenters. The van der Waals surface area contributed by atoms with Crippen molar-refractivity contribution in [2.45, 2.75) is 13.5 Å². The Morgan fingerprint density at radius 2 is 1.95 bits per heavy atom. The molecule has 0 aliphatic rings. The van der Waals surface area contributed by atoms with Gasteiger partial charge in [0, 0.05) is 36.8 Å². The quantitative estimate of drug-likeness (QED) is 0.641. The number of hydrogen-bond donors (Lipinski definition) is 2. The Hall–Kier alpha value is -2.70. The Labute approximate surface area is 116 Å². The highest BCUT2D eigenvalue weighted by Crippen LogP contribution is 2.24. The summed E-state index contributed by atoms with van der Waals surface area (Å²) >= 11 is 0. The second kappa shape index (κ2) is 5.96. The Morgan fingerprint density at radius 3 is 2.55 bits per heavy atom. The summed E-state index contributed by atoms with van der Waals surface area (Å²) in [7, 11) is 1.72. The third kappa shape index (κ3) is 3.41. The molecule has 2 aromatic rings. The molecule has 0 amide bonds. The number of hydrogen-bond acceptors (Lipinski definition) is 6. The monoisotopic (exact) mass is 273 g/mol. The molecule has 0 saturated heterocycles. The van der Waals surface area contributed by atoms with Gasteiger partial charge in [-0.15, -0.1) is 0 Å². The van der Waals surface area contributed by atoms with Gasteiger partial charge in [-0.1, -0.05) is 0 Å². The van der Waals surface area contributed by atoms with Crippen molar-refractivity contribution in [1.82, 2.24) is 9.97 Å². The normalized spacial score (nSPS) is 10.1. The van der Waals surface area contributed by atoms with Gasteiger partial charge >= 0.3 is 0 Å². The molecular weight excluding hydrogens is 258 g/mol. The molecule has 104 valence electrons. The van der Waals surface area contributed by atoms with Gasteiger partial charge in [-0.25, -0.2) is 0 Å². The van der Waals surface area contributed by atoms with E-state index in [9.17, 15) is 10.1 Å². The zero-order valence-corrected chi connectivity index (χ0v) is 11.3. The molecule has 1 aromatic heterocycles. The number of non-ortho nitro benzene ring substituents is 1. The molecule has 2 N–H and O–H groups in total. The standard InChI is InChI=1S/C13H15N5O2/c1-9-6-16-12(7-15-9)8-17-11-3-10(14-2)4-13(5-11)18(19)20/h3-7,14,17H,8H2,1-2H3. The lowest BCUT2D eigenvalue weighted by molar-refractivity contribution is -0.384. The average Bonchev–Trinajstić information content (AvgIpc) is 2.46. The number of nitro benzene ring substituents is 1. The zero-order valence-electron chi connectivity index (χ0n) is 11.3. The summed E-state index contributed by atoms with van der Waals surface area (Å²) in [5, 5.41) is 16.9.